The van der Waals surface area contributed by atoms with Crippen LogP contribution < -0.4 is 31.3 Å². The predicted molar refractivity (Wildman–Crippen MR) is 356 cm³/mol. The zero-order valence-electron chi connectivity index (χ0n) is 53.7. The van der Waals surface area contributed by atoms with Crippen LogP contribution in [0.5, 0.6) is 0 Å². The van der Waals surface area contributed by atoms with E-state index in [1.807, 2.05) is 0 Å². The van der Waals surface area contributed by atoms with Gasteiger partial charge in [0.15, 0.2) is 0 Å². The Morgan fingerprint density at radius 1 is 0.530 bits per heavy atom. The van der Waals surface area contributed by atoms with Crippen LogP contribution in [-0.2, 0) is 37.9 Å². The van der Waals surface area contributed by atoms with Crippen molar-refractivity contribution in [3.63, 3.8) is 0 Å². The maximum atomic E-state index is 7.92. The van der Waals surface area contributed by atoms with Gasteiger partial charge in [0.2, 0.25) is 0 Å². The molecule has 7 aromatic rings. The average molecular weight is 1100 g/mol. The van der Waals surface area contributed by atoms with Gasteiger partial charge in [-0.2, -0.15) is 0 Å². The van der Waals surface area contributed by atoms with Crippen LogP contribution in [0.25, 0.3) is 11.0 Å². The van der Waals surface area contributed by atoms with Crippen molar-refractivity contribution in [1.29, 1.82) is 0 Å². The van der Waals surface area contributed by atoms with Gasteiger partial charge in [0, 0.05) is 56.5 Å². The summed E-state index contributed by atoms with van der Waals surface area (Å²) in [6.07, 6.45) is 19.5. The highest BCUT2D eigenvalue weighted by Gasteiger charge is 2.59. The second kappa shape index (κ2) is 17.7. The maximum absolute atomic E-state index is 7.92. The standard InChI is InChI=1S/C78H92BN3O/c1-47-36-48(2)67-63(37-47)82(78(18)31-23-22-30-77(67,78)17)55-41-64-68-65(42-55)81(53-28-26-50(27-29-53)49-24-20-19-21-25-49)69-56-43-57-60(76(15,16)35-32-73(57,9)10)46-66(56)83-70(69)79(68)61-44-58-59(75(13,14)34-33-74(58,11)12)45-62(61)80(64)54-39-51(71(3,4)5)38-52(40-54)72(6,7)8/h19-21,24,26-29,36-46,49H,22-23,25,30-35H2,1-18H3. The number of hydrogen-bond donors (Lipinski definition) is 0. The minimum atomic E-state index is -0.180. The van der Waals surface area contributed by atoms with Crippen molar-refractivity contribution in [2.24, 2.45) is 0 Å². The van der Waals surface area contributed by atoms with Gasteiger partial charge in [0.05, 0.1) is 16.9 Å². The highest BCUT2D eigenvalue weighted by atomic mass is 16.3. The molecular formula is C78H92BN3O. The number of nitrogens with zero attached hydrogens (tertiary/aromatic N) is 3. The van der Waals surface area contributed by atoms with E-state index < -0.39 is 0 Å². The molecule has 3 aliphatic heterocycles. The first-order valence-corrected chi connectivity index (χ1v) is 32.0. The van der Waals surface area contributed by atoms with Crippen molar-refractivity contribution >= 4 is 79.8 Å². The Morgan fingerprint density at radius 3 is 1.71 bits per heavy atom. The van der Waals surface area contributed by atoms with Crippen LogP contribution in [0, 0.1) is 13.8 Å². The second-order valence-electron chi connectivity index (χ2n) is 32.3. The van der Waals surface area contributed by atoms with Crippen molar-refractivity contribution < 1.29 is 4.42 Å². The van der Waals surface area contributed by atoms with Crippen molar-refractivity contribution in [3.8, 4) is 0 Å². The average Bonchev–Trinajstić information content (AvgIpc) is 1.73. The van der Waals surface area contributed by atoms with E-state index in [4.69, 9.17) is 4.42 Å². The Kier molecular flexibility index (Phi) is 11.7. The van der Waals surface area contributed by atoms with Crippen LogP contribution in [0.2, 0.25) is 0 Å². The topological polar surface area (TPSA) is 22.9 Å². The van der Waals surface area contributed by atoms with E-state index >= 15 is 0 Å². The number of benzene rings is 6. The Morgan fingerprint density at radius 2 is 1.11 bits per heavy atom. The first kappa shape index (κ1) is 54.7. The Hall–Kier alpha value is -6.20. The summed E-state index contributed by atoms with van der Waals surface area (Å²) in [6.45, 7) is 44.0. The molecule has 4 aliphatic carbocycles. The molecule has 7 aliphatic rings. The van der Waals surface area contributed by atoms with Crippen molar-refractivity contribution in [2.75, 3.05) is 14.7 Å². The van der Waals surface area contributed by atoms with E-state index in [1.165, 1.54) is 131 Å². The summed E-state index contributed by atoms with van der Waals surface area (Å²) in [5, 5.41) is 1.22. The van der Waals surface area contributed by atoms with Gasteiger partial charge >= 0.3 is 0 Å². The molecule has 3 atom stereocenters. The molecule has 14 rings (SSSR count). The fourth-order valence-electron chi connectivity index (χ4n) is 17.3. The van der Waals surface area contributed by atoms with Gasteiger partial charge in [0.1, 0.15) is 5.58 Å². The lowest BCUT2D eigenvalue weighted by molar-refractivity contribution is 0.194. The third-order valence-electron chi connectivity index (χ3n) is 22.8. The number of aryl methyl sites for hydroxylation is 2. The molecule has 83 heavy (non-hydrogen) atoms. The zero-order valence-corrected chi connectivity index (χ0v) is 53.7. The molecular weight excluding hydrogens is 1010 g/mol. The molecule has 0 saturated heterocycles. The molecule has 0 N–H and O–H groups in total. The van der Waals surface area contributed by atoms with Crippen LogP contribution in [-0.4, -0.2) is 12.3 Å². The zero-order chi connectivity index (χ0) is 58.7. The molecule has 0 bridgehead atoms. The van der Waals surface area contributed by atoms with Crippen LogP contribution in [0.4, 0.5) is 45.5 Å². The molecule has 4 heterocycles. The van der Waals surface area contributed by atoms with Crippen LogP contribution >= 0.6 is 0 Å². The molecule has 1 saturated carbocycles. The molecule has 4 nitrogen and oxygen atoms in total. The van der Waals surface area contributed by atoms with Gasteiger partial charge < -0.3 is 19.1 Å². The molecule has 3 unspecified atom stereocenters. The fourth-order valence-corrected chi connectivity index (χ4v) is 17.3. The van der Waals surface area contributed by atoms with E-state index in [0.717, 1.165) is 49.8 Å². The number of furan rings is 1. The third kappa shape index (κ3) is 7.96. The van der Waals surface area contributed by atoms with Gasteiger partial charge in [-0.3, -0.25) is 0 Å². The third-order valence-corrected chi connectivity index (χ3v) is 22.8. The lowest BCUT2D eigenvalue weighted by Crippen LogP contribution is -2.61. The summed E-state index contributed by atoms with van der Waals surface area (Å²) < 4.78 is 7.92. The summed E-state index contributed by atoms with van der Waals surface area (Å²) in [4.78, 5) is 8.33. The SMILES string of the molecule is Cc1cc(C)c2c(c1)N(c1cc3c4c(c1)N(c1ccc(C5C=CC=CC5)cc1)c1c(oc5cc6c(cc15)C(C)(C)CCC6(C)C)B4c1cc4c(cc1N3c1cc(C(C)(C)C)cc(C(C)(C)C)c1)C(C)(C)CCC4(C)C)C1(C)CCCCC21C. The highest BCUT2D eigenvalue weighted by molar-refractivity contribution is 7.00. The van der Waals surface area contributed by atoms with E-state index in [9.17, 15) is 0 Å². The normalized spacial score (nSPS) is 24.0. The Balaban J connectivity index is 1.16. The summed E-state index contributed by atoms with van der Waals surface area (Å²) >= 11 is 0. The minimum absolute atomic E-state index is 0.00886. The van der Waals surface area contributed by atoms with E-state index in [2.05, 4.69) is 255 Å². The smallest absolute Gasteiger partial charge is 0.297 e. The fraction of sp³-hybridized carbons (Fsp3) is 0.462. The first-order chi connectivity index (χ1) is 38.9. The quantitative estimate of drug-likeness (QED) is 0.164. The summed E-state index contributed by atoms with van der Waals surface area (Å²) in [5.74, 6) is 0.345. The molecule has 5 heteroatoms. The van der Waals surface area contributed by atoms with Crippen molar-refractivity contribution in [3.05, 3.63) is 171 Å². The minimum Gasteiger partial charge on any atom is -0.468 e. The highest BCUT2D eigenvalue weighted by Crippen LogP contribution is 2.63. The summed E-state index contributed by atoms with van der Waals surface area (Å²) in [7, 11) is 0. The molecule has 0 spiro atoms. The summed E-state index contributed by atoms with van der Waals surface area (Å²) in [6, 6.07) is 38.1. The van der Waals surface area contributed by atoms with E-state index in [-0.39, 0.29) is 50.2 Å². The molecule has 428 valence electrons. The lowest BCUT2D eigenvalue weighted by atomic mass is 9.35. The monoisotopic (exact) mass is 1100 g/mol. The Bertz CT molecular complexity index is 3920. The summed E-state index contributed by atoms with van der Waals surface area (Å²) in [5.41, 5.74) is 28.6. The molecule has 0 radical (unpaired) electrons. The predicted octanol–water partition coefficient (Wildman–Crippen LogP) is 19.8. The number of allylic oxidation sites excluding steroid dienone is 4. The molecule has 1 aromatic heterocycles. The number of hydrogen-bond acceptors (Lipinski definition) is 4. The largest absolute Gasteiger partial charge is 0.468 e. The second-order valence-corrected chi connectivity index (χ2v) is 32.3. The molecule has 1 fully saturated rings. The number of rotatable bonds is 4. The van der Waals surface area contributed by atoms with Crippen LogP contribution in [0.1, 0.15) is 230 Å². The van der Waals surface area contributed by atoms with Crippen molar-refractivity contribution in [1.82, 2.24) is 0 Å². The number of anilines is 8. The molecule has 0 amide bonds. The van der Waals surface area contributed by atoms with Gasteiger partial charge in [0.25, 0.3) is 6.71 Å². The van der Waals surface area contributed by atoms with Crippen molar-refractivity contribution in [2.45, 2.75) is 232 Å². The number of fused-ring (bicyclic) bond motifs is 11. The van der Waals surface area contributed by atoms with Gasteiger partial charge in [-0.25, -0.2) is 0 Å². The first-order valence-electron chi connectivity index (χ1n) is 32.0. The van der Waals surface area contributed by atoms with Gasteiger partial charge in [-0.05, 0) is 225 Å². The maximum Gasteiger partial charge on any atom is 0.297 e. The lowest BCUT2D eigenvalue weighted by Gasteiger charge is -2.51. The van der Waals surface area contributed by atoms with Gasteiger partial charge in [-0.15, -0.1) is 0 Å². The van der Waals surface area contributed by atoms with Crippen LogP contribution in [0.3, 0.4) is 0 Å². The van der Waals surface area contributed by atoms with E-state index in [1.54, 1.807) is 5.56 Å². The van der Waals surface area contributed by atoms with Crippen LogP contribution in [0.15, 0.2) is 120 Å². The van der Waals surface area contributed by atoms with Gasteiger partial charge in [-0.1, -0.05) is 171 Å². The Labute approximate surface area is 498 Å². The molecule has 6 aromatic carbocycles. The van der Waals surface area contributed by atoms with E-state index in [0.29, 0.717) is 5.92 Å².